The van der Waals surface area contributed by atoms with Crippen LogP contribution in [0.15, 0.2) is 55.6 Å². The minimum atomic E-state index is -1.32. The van der Waals surface area contributed by atoms with Gasteiger partial charge < -0.3 is 39.2 Å². The average molecular weight is 762 g/mol. The Bertz CT molecular complexity index is 1380. The second kappa shape index (κ2) is 17.4. The van der Waals surface area contributed by atoms with Gasteiger partial charge >= 0.3 is 5.97 Å². The van der Waals surface area contributed by atoms with E-state index in [-0.39, 0.29) is 49.4 Å². The zero-order valence-corrected chi connectivity index (χ0v) is 30.2. The number of fused-ring (bicyclic) bond motifs is 1. The smallest absolute Gasteiger partial charge is 0.313 e. The molecule has 1 spiro atoms. The highest BCUT2D eigenvalue weighted by atomic mass is 79.9. The molecule has 0 aliphatic carbocycles. The van der Waals surface area contributed by atoms with Crippen molar-refractivity contribution in [2.24, 2.45) is 11.8 Å². The molecule has 4 saturated heterocycles. The summed E-state index contributed by atoms with van der Waals surface area (Å²) in [5.74, 6) is -3.75. The number of allylic oxidation sites excluding steroid dienone is 1. The summed E-state index contributed by atoms with van der Waals surface area (Å²) in [4.78, 5) is 61.1. The number of hydrogen-bond acceptors (Lipinski definition) is 10. The van der Waals surface area contributed by atoms with Crippen molar-refractivity contribution in [3.63, 3.8) is 0 Å². The van der Waals surface area contributed by atoms with Crippen LogP contribution in [0.2, 0.25) is 0 Å². The van der Waals surface area contributed by atoms with E-state index in [9.17, 15) is 24.3 Å². The highest BCUT2D eigenvalue weighted by molar-refractivity contribution is 9.09. The van der Waals surface area contributed by atoms with Crippen molar-refractivity contribution < 1.29 is 43.2 Å². The molecule has 0 aromatic heterocycles. The van der Waals surface area contributed by atoms with Gasteiger partial charge in [0.1, 0.15) is 17.7 Å². The molecule has 2 bridgehead atoms. The fourth-order valence-corrected chi connectivity index (χ4v) is 8.80. The number of hydrogen-bond donors (Lipinski definition) is 2. The van der Waals surface area contributed by atoms with Crippen molar-refractivity contribution in [2.45, 2.75) is 54.0 Å². The number of esters is 1. The molecule has 4 aliphatic rings. The molecule has 0 saturated carbocycles. The van der Waals surface area contributed by atoms with Gasteiger partial charge in [0, 0.05) is 57.6 Å². The van der Waals surface area contributed by atoms with Crippen LogP contribution in [0.5, 0.6) is 0 Å². The molecule has 1 aromatic carbocycles. The van der Waals surface area contributed by atoms with Crippen LogP contribution in [-0.4, -0.2) is 145 Å². The lowest BCUT2D eigenvalue weighted by Gasteiger charge is -2.37. The molecule has 5 rings (SSSR count). The zero-order valence-electron chi connectivity index (χ0n) is 28.6. The van der Waals surface area contributed by atoms with E-state index in [0.717, 1.165) is 13.1 Å². The summed E-state index contributed by atoms with van der Waals surface area (Å²) >= 11 is 3.71. The summed E-state index contributed by atoms with van der Waals surface area (Å²) in [5, 5.41) is 13.0. The van der Waals surface area contributed by atoms with E-state index >= 15 is 0 Å². The number of carbonyl (C=O) groups is 4. The van der Waals surface area contributed by atoms with Crippen LogP contribution in [0.3, 0.4) is 0 Å². The van der Waals surface area contributed by atoms with Gasteiger partial charge in [0.2, 0.25) is 17.7 Å². The number of benzene rings is 1. The Kier molecular flexibility index (Phi) is 13.2. The number of halogens is 1. The van der Waals surface area contributed by atoms with Gasteiger partial charge in [0.25, 0.3) is 0 Å². The predicted octanol–water partition coefficient (Wildman–Crippen LogP) is 1.46. The van der Waals surface area contributed by atoms with Gasteiger partial charge in [-0.25, -0.2) is 0 Å². The number of β-amino-alcohol motifs (C(OH)–C–C–N with tert-alkyl or cyclic N) is 1. The van der Waals surface area contributed by atoms with E-state index < -0.39 is 53.6 Å². The number of nitrogens with one attached hydrogen (secondary N) is 1. The lowest BCUT2D eigenvalue weighted by molar-refractivity contribution is -0.163. The molecule has 8 atom stereocenters. The van der Waals surface area contributed by atoms with Crippen LogP contribution in [0.4, 0.5) is 0 Å². The number of aliphatic hydroxyl groups excluding tert-OH is 1. The third kappa shape index (κ3) is 7.85. The Labute approximate surface area is 302 Å². The summed E-state index contributed by atoms with van der Waals surface area (Å²) in [7, 11) is 1.50. The molecule has 14 heteroatoms. The zero-order chi connectivity index (χ0) is 35.8. The predicted molar refractivity (Wildman–Crippen MR) is 187 cm³/mol. The van der Waals surface area contributed by atoms with Gasteiger partial charge in [-0.2, -0.15) is 0 Å². The molecule has 0 radical (unpaired) electrons. The van der Waals surface area contributed by atoms with E-state index in [1.54, 1.807) is 41.3 Å². The van der Waals surface area contributed by atoms with Crippen molar-refractivity contribution >= 4 is 39.6 Å². The Balaban J connectivity index is 1.44. The maximum atomic E-state index is 14.5. The fraction of sp³-hybridized carbons (Fsp3) is 0.611. The Morgan fingerprint density at radius 2 is 1.92 bits per heavy atom. The normalized spacial score (nSPS) is 28.5. The topological polar surface area (TPSA) is 147 Å². The molecule has 1 aromatic rings. The molecule has 4 fully saturated rings. The number of morpholine rings is 1. The van der Waals surface area contributed by atoms with E-state index in [1.165, 1.54) is 12.0 Å². The van der Waals surface area contributed by atoms with Crippen molar-refractivity contribution in [1.82, 2.24) is 20.0 Å². The van der Waals surface area contributed by atoms with Crippen molar-refractivity contribution in [2.75, 3.05) is 72.8 Å². The number of rotatable bonds is 18. The van der Waals surface area contributed by atoms with Gasteiger partial charge in [-0.15, -0.1) is 13.2 Å². The van der Waals surface area contributed by atoms with E-state index in [4.69, 9.17) is 18.9 Å². The van der Waals surface area contributed by atoms with Gasteiger partial charge in [-0.1, -0.05) is 58.4 Å². The second-order valence-corrected chi connectivity index (χ2v) is 14.3. The van der Waals surface area contributed by atoms with Crippen LogP contribution in [0, 0.1) is 11.8 Å². The van der Waals surface area contributed by atoms with Crippen molar-refractivity contribution in [3.05, 3.63) is 61.2 Å². The third-order valence-corrected chi connectivity index (χ3v) is 10.9. The van der Waals surface area contributed by atoms with Crippen molar-refractivity contribution in [1.29, 1.82) is 0 Å². The highest BCUT2D eigenvalue weighted by Crippen LogP contribution is 2.60. The number of carbonyl (C=O) groups excluding carboxylic acids is 4. The first-order chi connectivity index (χ1) is 24.2. The highest BCUT2D eigenvalue weighted by Gasteiger charge is 2.77. The molecule has 3 amide bonds. The Hall–Kier alpha value is -3.14. The first-order valence-electron chi connectivity index (χ1n) is 17.3. The average Bonchev–Trinajstić information content (AvgIpc) is 3.71. The first-order valence-corrected chi connectivity index (χ1v) is 18.2. The summed E-state index contributed by atoms with van der Waals surface area (Å²) in [5.41, 5.74) is -0.689. The maximum Gasteiger partial charge on any atom is 0.313 e. The standard InChI is InChI=1S/C36H49BrN4O9/c1-4-6-12-27(43)38-26(23-47-3)30(24-10-8-7-9-11-24)49-35(46)28-29-33(44)41(16-19-42)32(36(29)22-25(37)31(28)50-36)34(45)40(13-5-2)15-14-39-17-20-48-21-18-39/h4-5,7-11,25-26,28-32,42H,1-2,6,12-23H2,3H3,(H,38,43)/t25?,26-,28-,29+,30-,31-,32-,36+/m1/s1. The molecule has 4 heterocycles. The number of likely N-dealkylation sites (tertiary alicyclic amines) is 1. The Morgan fingerprint density at radius 1 is 1.18 bits per heavy atom. The molecule has 2 N–H and O–H groups in total. The molecular formula is C36H49BrN4O9. The fourth-order valence-electron chi connectivity index (χ4n) is 7.86. The van der Waals surface area contributed by atoms with Crippen LogP contribution >= 0.6 is 15.9 Å². The lowest BCUT2D eigenvalue weighted by atomic mass is 9.70. The summed E-state index contributed by atoms with van der Waals surface area (Å²) < 4.78 is 23.8. The van der Waals surface area contributed by atoms with Crippen LogP contribution in [-0.2, 0) is 38.1 Å². The largest absolute Gasteiger partial charge is 0.455 e. The lowest BCUT2D eigenvalue weighted by Crippen LogP contribution is -2.58. The molecule has 1 unspecified atom stereocenters. The van der Waals surface area contributed by atoms with E-state index in [2.05, 4.69) is 39.3 Å². The number of nitrogens with zero attached hydrogens (tertiary/aromatic N) is 3. The van der Waals surface area contributed by atoms with E-state index in [1.807, 2.05) is 6.07 Å². The molecule has 274 valence electrons. The number of amides is 3. The number of ether oxygens (including phenoxy) is 4. The van der Waals surface area contributed by atoms with Gasteiger partial charge in [0.15, 0.2) is 0 Å². The van der Waals surface area contributed by atoms with E-state index in [0.29, 0.717) is 44.7 Å². The number of alkyl halides is 1. The van der Waals surface area contributed by atoms with Crippen LogP contribution in [0.1, 0.15) is 30.9 Å². The number of methoxy groups -OCH3 is 1. The minimum Gasteiger partial charge on any atom is -0.455 e. The van der Waals surface area contributed by atoms with Crippen molar-refractivity contribution in [3.8, 4) is 0 Å². The van der Waals surface area contributed by atoms with Gasteiger partial charge in [-0.3, -0.25) is 24.1 Å². The molecule has 4 aliphatic heterocycles. The second-order valence-electron chi connectivity index (χ2n) is 13.2. The monoisotopic (exact) mass is 760 g/mol. The quantitative estimate of drug-likeness (QED) is 0.128. The summed E-state index contributed by atoms with van der Waals surface area (Å²) in [6.45, 7) is 11.2. The summed E-state index contributed by atoms with van der Waals surface area (Å²) in [6.07, 6.45) is 2.59. The molecule has 50 heavy (non-hydrogen) atoms. The Morgan fingerprint density at radius 3 is 2.58 bits per heavy atom. The summed E-state index contributed by atoms with van der Waals surface area (Å²) in [6, 6.07) is 7.24. The minimum absolute atomic E-state index is 0.0507. The van der Waals surface area contributed by atoms with Gasteiger partial charge in [0.05, 0.1) is 50.4 Å². The first kappa shape index (κ1) is 38.1. The molecular weight excluding hydrogens is 712 g/mol. The maximum absolute atomic E-state index is 14.5. The SMILES string of the molecule is C=CCCC(=O)N[C@H](COC)[C@H](OC(=O)[C@H]1[C@@H]2O[C@@]3(CC2Br)[C@@H]1C(=O)N(CCO)[C@@H]3C(=O)N(CC=C)CCN1CCOCC1)c1ccccc1. The third-order valence-electron chi connectivity index (χ3n) is 10.1. The van der Waals surface area contributed by atoms with Crippen LogP contribution < -0.4 is 5.32 Å². The molecule has 13 nitrogen and oxygen atoms in total. The van der Waals surface area contributed by atoms with Crippen LogP contribution in [0.25, 0.3) is 0 Å². The number of aliphatic hydroxyl groups is 1. The van der Waals surface area contributed by atoms with Gasteiger partial charge in [-0.05, 0) is 18.4 Å².